The van der Waals surface area contributed by atoms with Gasteiger partial charge in [-0.3, -0.25) is 4.79 Å². The first-order valence-corrected chi connectivity index (χ1v) is 10.1. The quantitative estimate of drug-likeness (QED) is 0.783. The van der Waals surface area contributed by atoms with E-state index in [-0.39, 0.29) is 16.9 Å². The monoisotopic (exact) mass is 403 g/mol. The van der Waals surface area contributed by atoms with Crippen LogP contribution < -0.4 is 15.0 Å². The van der Waals surface area contributed by atoms with Gasteiger partial charge in [-0.05, 0) is 19.3 Å². The van der Waals surface area contributed by atoms with Crippen LogP contribution in [0.4, 0.5) is 11.1 Å². The number of ether oxygens (including phenoxy) is 3. The van der Waals surface area contributed by atoms with E-state index in [1.54, 1.807) is 24.9 Å². The number of anilines is 2. The first kappa shape index (κ1) is 17.8. The second kappa shape index (κ2) is 6.64. The predicted molar refractivity (Wildman–Crippen MR) is 102 cm³/mol. The number of nitrogens with one attached hydrogen (secondary N) is 1. The molecule has 9 nitrogen and oxygen atoms in total. The molecular weight excluding hydrogens is 382 g/mol. The maximum atomic E-state index is 12.5. The molecular formula is C18H21N5O4S. The number of hydrogen-bond donors (Lipinski definition) is 1. The summed E-state index contributed by atoms with van der Waals surface area (Å²) in [6, 6.07) is 0. The minimum atomic E-state index is -0.272. The smallest absolute Gasteiger partial charge is 0.232 e. The van der Waals surface area contributed by atoms with Crippen LogP contribution in [0, 0.1) is 5.41 Å². The van der Waals surface area contributed by atoms with Gasteiger partial charge in [0.05, 0.1) is 42.0 Å². The van der Waals surface area contributed by atoms with Crippen molar-refractivity contribution in [2.24, 2.45) is 5.41 Å². The summed E-state index contributed by atoms with van der Waals surface area (Å²) in [5.41, 5.74) is -0.326. The Kier molecular flexibility index (Phi) is 4.22. The molecule has 0 aromatic carbocycles. The largest absolute Gasteiger partial charge is 0.435 e. The molecule has 1 amide bonds. The Morgan fingerprint density at radius 3 is 2.64 bits per heavy atom. The average Bonchev–Trinajstić information content (AvgIpc) is 3.08. The second-order valence-corrected chi connectivity index (χ2v) is 8.42. The third-order valence-corrected chi connectivity index (χ3v) is 6.47. The number of thiazole rings is 1. The summed E-state index contributed by atoms with van der Waals surface area (Å²) < 4.78 is 16.5. The topological polar surface area (TPSA) is 98.7 Å². The van der Waals surface area contributed by atoms with Crippen LogP contribution in [0.5, 0.6) is 11.6 Å². The maximum Gasteiger partial charge on any atom is 0.232 e. The molecule has 0 unspecified atom stereocenters. The molecule has 4 aliphatic rings. The van der Waals surface area contributed by atoms with Crippen LogP contribution in [0.1, 0.15) is 19.3 Å². The Labute approximate surface area is 166 Å². The van der Waals surface area contributed by atoms with Gasteiger partial charge in [-0.25, -0.2) is 9.97 Å². The van der Waals surface area contributed by atoms with Crippen molar-refractivity contribution < 1.29 is 19.0 Å². The van der Waals surface area contributed by atoms with Gasteiger partial charge in [0.15, 0.2) is 10.9 Å². The standard InChI is InChI=1S/C18H21N5O4S/c1-25-18-9-17(10-18,11-18)14(24)22-16-21-13(8-28-16)27-12-6-19-15(20-7-12)23-2-4-26-5-3-23/h6-8H,2-5,9-11H2,1H3,(H,21,22,24). The highest BCUT2D eigenvalue weighted by molar-refractivity contribution is 7.14. The summed E-state index contributed by atoms with van der Waals surface area (Å²) >= 11 is 1.33. The third kappa shape index (κ3) is 3.01. The van der Waals surface area contributed by atoms with Crippen molar-refractivity contribution in [1.82, 2.24) is 15.0 Å². The maximum absolute atomic E-state index is 12.5. The van der Waals surface area contributed by atoms with Crippen LogP contribution >= 0.6 is 11.3 Å². The zero-order valence-electron chi connectivity index (χ0n) is 15.5. The Morgan fingerprint density at radius 2 is 1.96 bits per heavy atom. The summed E-state index contributed by atoms with van der Waals surface area (Å²) in [5, 5.41) is 5.19. The van der Waals surface area contributed by atoms with E-state index in [0.717, 1.165) is 32.4 Å². The van der Waals surface area contributed by atoms with E-state index in [1.807, 2.05) is 0 Å². The van der Waals surface area contributed by atoms with Crippen molar-refractivity contribution in [2.45, 2.75) is 24.9 Å². The van der Waals surface area contributed by atoms with E-state index in [0.29, 0.717) is 35.9 Å². The molecule has 2 aromatic heterocycles. The SMILES string of the molecule is COC12CC(C(=O)Nc3nc(Oc4cnc(N5CCOCC5)nc4)cs3)(C1)C2. The number of hydrogen-bond acceptors (Lipinski definition) is 9. The molecule has 1 aliphatic heterocycles. The van der Waals surface area contributed by atoms with Gasteiger partial charge in [-0.15, -0.1) is 11.3 Å². The number of methoxy groups -OCH3 is 1. The lowest BCUT2D eigenvalue weighted by Gasteiger charge is -2.67. The van der Waals surface area contributed by atoms with Crippen LogP contribution in [0.25, 0.3) is 0 Å². The van der Waals surface area contributed by atoms with Crippen LogP contribution in [0.15, 0.2) is 17.8 Å². The van der Waals surface area contributed by atoms with E-state index in [9.17, 15) is 4.79 Å². The molecule has 2 bridgehead atoms. The highest BCUT2D eigenvalue weighted by Crippen LogP contribution is 2.69. The number of carbonyl (C=O) groups excluding carboxylic acids is 1. The first-order chi connectivity index (χ1) is 13.6. The van der Waals surface area contributed by atoms with Crippen LogP contribution in [-0.4, -0.2) is 59.9 Å². The molecule has 1 N–H and O–H groups in total. The first-order valence-electron chi connectivity index (χ1n) is 9.25. The summed E-state index contributed by atoms with van der Waals surface area (Å²) in [4.78, 5) is 27.6. The fourth-order valence-corrected chi connectivity index (χ4v) is 4.76. The molecule has 10 heteroatoms. The number of rotatable bonds is 6. The van der Waals surface area contributed by atoms with Crippen molar-refractivity contribution in [3.8, 4) is 11.6 Å². The second-order valence-electron chi connectivity index (χ2n) is 7.56. The molecule has 3 heterocycles. The Hall–Kier alpha value is -2.30. The summed E-state index contributed by atoms with van der Waals surface area (Å²) in [7, 11) is 1.71. The van der Waals surface area contributed by atoms with Crippen molar-refractivity contribution in [1.29, 1.82) is 0 Å². The van der Waals surface area contributed by atoms with Gasteiger partial charge in [0.2, 0.25) is 17.7 Å². The average molecular weight is 403 g/mol. The van der Waals surface area contributed by atoms with Gasteiger partial charge in [-0.2, -0.15) is 4.98 Å². The van der Waals surface area contributed by atoms with Gasteiger partial charge in [-0.1, -0.05) is 0 Å². The number of carbonyl (C=O) groups is 1. The number of aromatic nitrogens is 3. The lowest BCUT2D eigenvalue weighted by atomic mass is 9.41. The molecule has 0 spiro atoms. The van der Waals surface area contributed by atoms with Crippen LogP contribution in [0.3, 0.4) is 0 Å². The lowest BCUT2D eigenvalue weighted by Crippen LogP contribution is -2.72. The zero-order valence-corrected chi connectivity index (χ0v) is 16.3. The molecule has 3 aliphatic carbocycles. The minimum Gasteiger partial charge on any atom is -0.435 e. The molecule has 0 atom stereocenters. The Morgan fingerprint density at radius 1 is 1.25 bits per heavy atom. The number of nitrogens with zero attached hydrogens (tertiary/aromatic N) is 4. The normalized spacial score (nSPS) is 28.2. The fraction of sp³-hybridized carbons (Fsp3) is 0.556. The Bertz CT molecular complexity index is 861. The van der Waals surface area contributed by atoms with Crippen LogP contribution in [0.2, 0.25) is 0 Å². The third-order valence-electron chi connectivity index (χ3n) is 5.73. The summed E-state index contributed by atoms with van der Waals surface area (Å²) in [6.45, 7) is 2.93. The number of amides is 1. The minimum absolute atomic E-state index is 0.0190. The van der Waals surface area contributed by atoms with Gasteiger partial charge >= 0.3 is 0 Å². The fourth-order valence-electron chi connectivity index (χ4n) is 4.15. The van der Waals surface area contributed by atoms with Crippen molar-refractivity contribution >= 4 is 28.3 Å². The van der Waals surface area contributed by atoms with Crippen LogP contribution in [-0.2, 0) is 14.3 Å². The van der Waals surface area contributed by atoms with E-state index in [1.165, 1.54) is 11.3 Å². The Balaban J connectivity index is 1.17. The highest BCUT2D eigenvalue weighted by atomic mass is 32.1. The summed E-state index contributed by atoms with van der Waals surface area (Å²) in [6.07, 6.45) is 5.64. The van der Waals surface area contributed by atoms with Crippen molar-refractivity contribution in [2.75, 3.05) is 43.6 Å². The van der Waals surface area contributed by atoms with Crippen molar-refractivity contribution in [3.05, 3.63) is 17.8 Å². The lowest BCUT2D eigenvalue weighted by molar-refractivity contribution is -0.260. The molecule has 0 radical (unpaired) electrons. The van der Waals surface area contributed by atoms with E-state index >= 15 is 0 Å². The molecule has 28 heavy (non-hydrogen) atoms. The highest BCUT2D eigenvalue weighted by Gasteiger charge is 2.72. The predicted octanol–water partition coefficient (Wildman–Crippen LogP) is 2.07. The zero-order chi connectivity index (χ0) is 19.2. The van der Waals surface area contributed by atoms with Gasteiger partial charge in [0.25, 0.3) is 0 Å². The van der Waals surface area contributed by atoms with Gasteiger partial charge < -0.3 is 24.4 Å². The van der Waals surface area contributed by atoms with E-state index in [2.05, 4.69) is 25.2 Å². The molecule has 3 saturated carbocycles. The van der Waals surface area contributed by atoms with Gasteiger partial charge in [0, 0.05) is 20.2 Å². The van der Waals surface area contributed by atoms with E-state index in [4.69, 9.17) is 14.2 Å². The van der Waals surface area contributed by atoms with Gasteiger partial charge in [0.1, 0.15) is 0 Å². The molecule has 6 rings (SSSR count). The van der Waals surface area contributed by atoms with Crippen molar-refractivity contribution in [3.63, 3.8) is 0 Å². The molecule has 4 fully saturated rings. The molecule has 148 valence electrons. The molecule has 1 saturated heterocycles. The molecule has 2 aromatic rings. The van der Waals surface area contributed by atoms with E-state index < -0.39 is 0 Å². The number of morpholine rings is 1. The summed E-state index contributed by atoms with van der Waals surface area (Å²) in [5.74, 6) is 1.59.